The first-order valence-electron chi connectivity index (χ1n) is 9.60. The second-order valence-corrected chi connectivity index (χ2v) is 8.08. The molecule has 2 aromatic heterocycles. The van der Waals surface area contributed by atoms with Gasteiger partial charge < -0.3 is 9.47 Å². The summed E-state index contributed by atoms with van der Waals surface area (Å²) >= 11 is 1.81. The van der Waals surface area contributed by atoms with E-state index in [9.17, 15) is 4.39 Å². The van der Waals surface area contributed by atoms with E-state index in [-0.39, 0.29) is 17.9 Å². The quantitative estimate of drug-likeness (QED) is 0.627. The second-order valence-electron chi connectivity index (χ2n) is 7.09. The van der Waals surface area contributed by atoms with Crippen LogP contribution < -0.4 is 0 Å². The number of para-hydroxylation sites is 1. The standard InChI is InChI=1S/C22H21FN4S/c1-2-15-14-28-22-25-20(17-9-5-6-12-24-17)21(27(15)22)19-11-7-13-26(19)18-10-4-3-8-16(18)23/h3-13,15,20-21H,2,14H2,1H3/t15-,20-,21+/m0/s1. The number of hydrogen-bond donors (Lipinski definition) is 0. The monoisotopic (exact) mass is 392 g/mol. The van der Waals surface area contributed by atoms with Crippen molar-refractivity contribution in [2.24, 2.45) is 4.99 Å². The maximum absolute atomic E-state index is 14.6. The van der Waals surface area contributed by atoms with E-state index in [1.807, 2.05) is 65.1 Å². The highest BCUT2D eigenvalue weighted by atomic mass is 32.2. The summed E-state index contributed by atoms with van der Waals surface area (Å²) in [5.74, 6) is 0.817. The van der Waals surface area contributed by atoms with Crippen LogP contribution in [0, 0.1) is 5.82 Å². The van der Waals surface area contributed by atoms with E-state index >= 15 is 0 Å². The molecule has 4 heterocycles. The highest BCUT2D eigenvalue weighted by molar-refractivity contribution is 8.14. The topological polar surface area (TPSA) is 33.4 Å². The summed E-state index contributed by atoms with van der Waals surface area (Å²) in [5.41, 5.74) is 2.56. The minimum Gasteiger partial charge on any atom is -0.337 e. The third-order valence-electron chi connectivity index (χ3n) is 5.52. The number of nitrogens with zero attached hydrogens (tertiary/aromatic N) is 4. The van der Waals surface area contributed by atoms with Crippen LogP contribution in [0.4, 0.5) is 4.39 Å². The summed E-state index contributed by atoms with van der Waals surface area (Å²) in [6.45, 7) is 2.22. The van der Waals surface area contributed by atoms with Gasteiger partial charge >= 0.3 is 0 Å². The Labute approximate surface area is 168 Å². The van der Waals surface area contributed by atoms with Crippen LogP contribution in [-0.4, -0.2) is 31.4 Å². The van der Waals surface area contributed by atoms with E-state index in [4.69, 9.17) is 4.99 Å². The lowest BCUT2D eigenvalue weighted by atomic mass is 9.99. The number of fused-ring (bicyclic) bond motifs is 1. The van der Waals surface area contributed by atoms with E-state index in [0.29, 0.717) is 11.7 Å². The van der Waals surface area contributed by atoms with Crippen molar-refractivity contribution in [3.8, 4) is 5.69 Å². The predicted octanol–water partition coefficient (Wildman–Crippen LogP) is 4.99. The fourth-order valence-electron chi connectivity index (χ4n) is 4.17. The number of amidine groups is 1. The zero-order chi connectivity index (χ0) is 19.1. The number of hydrogen-bond acceptors (Lipinski definition) is 4. The lowest BCUT2D eigenvalue weighted by Gasteiger charge is -2.32. The average Bonchev–Trinajstić information content (AvgIpc) is 3.43. The van der Waals surface area contributed by atoms with Gasteiger partial charge in [-0.05, 0) is 42.8 Å². The van der Waals surface area contributed by atoms with Crippen molar-refractivity contribution in [1.29, 1.82) is 0 Å². The van der Waals surface area contributed by atoms with Crippen LogP contribution >= 0.6 is 11.8 Å². The van der Waals surface area contributed by atoms with Crippen molar-refractivity contribution >= 4 is 16.9 Å². The highest BCUT2D eigenvalue weighted by Gasteiger charge is 2.46. The number of pyridine rings is 1. The average molecular weight is 393 g/mol. The molecule has 0 radical (unpaired) electrons. The van der Waals surface area contributed by atoms with Crippen LogP contribution in [0.2, 0.25) is 0 Å². The molecule has 0 spiro atoms. The Morgan fingerprint density at radius 2 is 1.96 bits per heavy atom. The fourth-order valence-corrected chi connectivity index (χ4v) is 5.51. The number of rotatable bonds is 4. The molecule has 142 valence electrons. The van der Waals surface area contributed by atoms with Gasteiger partial charge in [0.25, 0.3) is 0 Å². The Kier molecular flexibility index (Phi) is 4.43. The first-order chi connectivity index (χ1) is 13.8. The number of halogens is 1. The molecule has 3 atom stereocenters. The Hall–Kier alpha value is -2.60. The molecule has 0 saturated carbocycles. The fraction of sp³-hybridized carbons (Fsp3) is 0.273. The van der Waals surface area contributed by atoms with Crippen LogP contribution in [0.3, 0.4) is 0 Å². The smallest absolute Gasteiger partial charge is 0.160 e. The molecular weight excluding hydrogens is 371 g/mol. The van der Waals surface area contributed by atoms with Gasteiger partial charge in [0, 0.05) is 29.9 Å². The first-order valence-corrected chi connectivity index (χ1v) is 10.6. The molecule has 0 bridgehead atoms. The number of aliphatic imine (C=N–C) groups is 1. The molecule has 3 aromatic rings. The summed E-state index contributed by atoms with van der Waals surface area (Å²) < 4.78 is 16.5. The molecule has 6 heteroatoms. The molecule has 0 N–H and O–H groups in total. The minimum atomic E-state index is -0.226. The summed E-state index contributed by atoms with van der Waals surface area (Å²) in [6.07, 6.45) is 4.81. The van der Waals surface area contributed by atoms with Gasteiger partial charge in [-0.3, -0.25) is 9.98 Å². The highest BCUT2D eigenvalue weighted by Crippen LogP contribution is 2.48. The molecular formula is C22H21FN4S. The zero-order valence-electron chi connectivity index (χ0n) is 15.6. The van der Waals surface area contributed by atoms with Gasteiger partial charge in [-0.25, -0.2) is 4.39 Å². The van der Waals surface area contributed by atoms with E-state index in [2.05, 4.69) is 22.9 Å². The molecule has 2 aliphatic rings. The summed E-state index contributed by atoms with van der Waals surface area (Å²) in [4.78, 5) is 12.1. The maximum Gasteiger partial charge on any atom is 0.160 e. The van der Waals surface area contributed by atoms with Gasteiger partial charge in [-0.1, -0.05) is 36.9 Å². The van der Waals surface area contributed by atoms with Crippen molar-refractivity contribution in [1.82, 2.24) is 14.5 Å². The molecule has 1 saturated heterocycles. The van der Waals surface area contributed by atoms with Crippen molar-refractivity contribution in [2.45, 2.75) is 31.5 Å². The van der Waals surface area contributed by atoms with E-state index in [1.165, 1.54) is 6.07 Å². The Bertz CT molecular complexity index is 1020. The molecule has 0 unspecified atom stereocenters. The Morgan fingerprint density at radius 1 is 1.11 bits per heavy atom. The van der Waals surface area contributed by atoms with Gasteiger partial charge in [0.2, 0.25) is 0 Å². The molecule has 1 aromatic carbocycles. The van der Waals surface area contributed by atoms with Crippen LogP contribution in [0.25, 0.3) is 5.69 Å². The largest absolute Gasteiger partial charge is 0.337 e. The Balaban J connectivity index is 1.65. The third-order valence-corrected chi connectivity index (χ3v) is 6.65. The van der Waals surface area contributed by atoms with E-state index in [1.54, 1.807) is 6.07 Å². The normalized spacial score (nSPS) is 23.7. The van der Waals surface area contributed by atoms with Crippen LogP contribution in [0.1, 0.15) is 36.8 Å². The van der Waals surface area contributed by atoms with Gasteiger partial charge in [-0.15, -0.1) is 0 Å². The molecule has 0 amide bonds. The van der Waals surface area contributed by atoms with Crippen molar-refractivity contribution in [2.75, 3.05) is 5.75 Å². The van der Waals surface area contributed by atoms with Crippen molar-refractivity contribution in [3.05, 3.63) is 84.2 Å². The lowest BCUT2D eigenvalue weighted by Crippen LogP contribution is -2.36. The summed E-state index contributed by atoms with van der Waals surface area (Å²) in [7, 11) is 0. The number of aromatic nitrogens is 2. The minimum absolute atomic E-state index is 0.000504. The second kappa shape index (κ2) is 7.09. The summed E-state index contributed by atoms with van der Waals surface area (Å²) in [6, 6.07) is 17.3. The molecule has 0 aliphatic carbocycles. The Morgan fingerprint density at radius 3 is 2.75 bits per heavy atom. The molecule has 5 rings (SSSR count). The van der Waals surface area contributed by atoms with Crippen molar-refractivity contribution < 1.29 is 4.39 Å². The lowest BCUT2D eigenvalue weighted by molar-refractivity contribution is 0.248. The number of benzene rings is 1. The van der Waals surface area contributed by atoms with Crippen molar-refractivity contribution in [3.63, 3.8) is 0 Å². The number of thioether (sulfide) groups is 1. The van der Waals surface area contributed by atoms with Gasteiger partial charge in [0.05, 0.1) is 11.4 Å². The van der Waals surface area contributed by atoms with Crippen LogP contribution in [0.15, 0.2) is 72.0 Å². The molecule has 28 heavy (non-hydrogen) atoms. The van der Waals surface area contributed by atoms with Gasteiger partial charge in [0.1, 0.15) is 17.9 Å². The SMILES string of the molecule is CC[C@H]1CSC2=N[C@@H](c3ccccn3)[C@@H](c3cccn3-c3ccccc3F)N21. The molecule has 1 fully saturated rings. The zero-order valence-corrected chi connectivity index (χ0v) is 16.4. The van der Waals surface area contributed by atoms with Crippen LogP contribution in [-0.2, 0) is 0 Å². The summed E-state index contributed by atoms with van der Waals surface area (Å²) in [5, 5.41) is 1.08. The van der Waals surface area contributed by atoms with Crippen LogP contribution in [0.5, 0.6) is 0 Å². The molecule has 2 aliphatic heterocycles. The maximum atomic E-state index is 14.6. The van der Waals surface area contributed by atoms with E-state index < -0.39 is 0 Å². The molecule has 4 nitrogen and oxygen atoms in total. The first kappa shape index (κ1) is 17.5. The van der Waals surface area contributed by atoms with Gasteiger partial charge in [0.15, 0.2) is 5.17 Å². The third kappa shape index (κ3) is 2.75. The predicted molar refractivity (Wildman–Crippen MR) is 111 cm³/mol. The van der Waals surface area contributed by atoms with E-state index in [0.717, 1.165) is 28.7 Å². The van der Waals surface area contributed by atoms with Gasteiger partial charge in [-0.2, -0.15) is 0 Å².